The standard InChI is InChI=1S/C18H30.2Na.H2O3S2/c1-2-3-4-5-6-7-8-9-10-12-15-18-16-13-11-14-17-18;;;1-5(2,3)4/h11,13-14,16-17H,2-10,12,15H2,1H3;;;(H2,1,2,3,4)/q;2*+1;/p-2. The van der Waals surface area contributed by atoms with Gasteiger partial charge in [0, 0.05) is 0 Å². The predicted octanol–water partition coefficient (Wildman–Crippen LogP) is -0.848. The molecule has 25 heavy (non-hydrogen) atoms. The molecule has 0 radical (unpaired) electrons. The van der Waals surface area contributed by atoms with E-state index in [0.717, 1.165) is 0 Å². The largest absolute Gasteiger partial charge is 1.00 e. The van der Waals surface area contributed by atoms with E-state index in [0.29, 0.717) is 0 Å². The van der Waals surface area contributed by atoms with E-state index in [1.54, 1.807) is 0 Å². The molecule has 1 aromatic rings. The Morgan fingerprint density at radius 1 is 0.800 bits per heavy atom. The smallest absolute Gasteiger partial charge is 0.780 e. The third-order valence-corrected chi connectivity index (χ3v) is 3.66. The van der Waals surface area contributed by atoms with Gasteiger partial charge in [0.15, 0.2) is 0 Å². The number of rotatable bonds is 11. The van der Waals surface area contributed by atoms with Crippen LogP contribution in [0.3, 0.4) is 0 Å². The number of unbranched alkanes of at least 4 members (excludes halogenated alkanes) is 9. The molecular formula is C18H30Na2O3S2. The summed E-state index contributed by atoms with van der Waals surface area (Å²) in [4.78, 5) is 0. The van der Waals surface area contributed by atoms with Crippen molar-refractivity contribution in [3.63, 3.8) is 0 Å². The molecule has 0 bridgehead atoms. The maximum absolute atomic E-state index is 8.89. The van der Waals surface area contributed by atoms with E-state index >= 15 is 0 Å². The van der Waals surface area contributed by atoms with E-state index in [-0.39, 0.29) is 59.1 Å². The summed E-state index contributed by atoms with van der Waals surface area (Å²) in [6.07, 6.45) is 15.5. The van der Waals surface area contributed by atoms with Crippen LogP contribution in [0.1, 0.15) is 76.7 Å². The minimum absolute atomic E-state index is 0. The second-order valence-electron chi connectivity index (χ2n) is 5.83. The van der Waals surface area contributed by atoms with Gasteiger partial charge in [0.25, 0.3) is 0 Å². The maximum Gasteiger partial charge on any atom is 1.00 e. The van der Waals surface area contributed by atoms with Gasteiger partial charge in [0.05, 0.1) is 0 Å². The molecule has 0 aliphatic rings. The number of benzene rings is 1. The quantitative estimate of drug-likeness (QED) is 0.356. The van der Waals surface area contributed by atoms with Crippen molar-refractivity contribution >= 4 is 20.2 Å². The molecule has 0 aliphatic heterocycles. The van der Waals surface area contributed by atoms with Crippen molar-refractivity contribution in [2.24, 2.45) is 0 Å². The zero-order chi connectivity index (χ0) is 17.4. The normalized spacial score (nSPS) is 10.0. The van der Waals surface area contributed by atoms with E-state index in [2.05, 4.69) is 48.4 Å². The summed E-state index contributed by atoms with van der Waals surface area (Å²) in [7, 11) is -4.33. The molecule has 1 aromatic carbocycles. The third-order valence-electron chi connectivity index (χ3n) is 3.66. The molecule has 0 amide bonds. The van der Waals surface area contributed by atoms with Gasteiger partial charge in [0.1, 0.15) is 0 Å². The van der Waals surface area contributed by atoms with E-state index in [1.807, 2.05) is 0 Å². The molecule has 7 heteroatoms. The fourth-order valence-electron chi connectivity index (χ4n) is 2.46. The molecule has 0 atom stereocenters. The van der Waals surface area contributed by atoms with Crippen LogP contribution < -0.4 is 59.1 Å². The molecule has 0 fully saturated rings. The Balaban J connectivity index is -0.000000610. The van der Waals surface area contributed by atoms with Crippen molar-refractivity contribution in [2.75, 3.05) is 0 Å². The monoisotopic (exact) mass is 404 g/mol. The molecule has 0 N–H and O–H groups in total. The third kappa shape index (κ3) is 30.5. The van der Waals surface area contributed by atoms with Crippen LogP contribution >= 0.6 is 0 Å². The first-order valence-corrected chi connectivity index (χ1v) is 11.0. The van der Waals surface area contributed by atoms with Crippen molar-refractivity contribution in [3.05, 3.63) is 35.9 Å². The van der Waals surface area contributed by atoms with Crippen molar-refractivity contribution in [2.45, 2.75) is 77.6 Å². The Bertz CT molecular complexity index is 460. The summed E-state index contributed by atoms with van der Waals surface area (Å²) in [5.74, 6) is 0. The fourth-order valence-corrected chi connectivity index (χ4v) is 2.46. The van der Waals surface area contributed by atoms with Crippen LogP contribution in [-0.2, 0) is 26.7 Å². The van der Waals surface area contributed by atoms with Gasteiger partial charge in [-0.15, -0.1) is 9.05 Å². The van der Waals surface area contributed by atoms with Crippen LogP contribution in [0.25, 0.3) is 0 Å². The second kappa shape index (κ2) is 21.8. The first-order chi connectivity index (χ1) is 10.9. The first kappa shape index (κ1) is 31.2. The molecule has 0 unspecified atom stereocenters. The maximum atomic E-state index is 8.89. The van der Waals surface area contributed by atoms with Gasteiger partial charge in [-0.2, -0.15) is 0 Å². The Morgan fingerprint density at radius 3 is 1.56 bits per heavy atom. The zero-order valence-corrected chi connectivity index (χ0v) is 21.8. The average molecular weight is 405 g/mol. The van der Waals surface area contributed by atoms with E-state index in [1.165, 1.54) is 76.2 Å². The van der Waals surface area contributed by atoms with Gasteiger partial charge >= 0.3 is 59.1 Å². The van der Waals surface area contributed by atoms with Crippen molar-refractivity contribution in [1.82, 2.24) is 0 Å². The van der Waals surface area contributed by atoms with Crippen molar-refractivity contribution in [1.29, 1.82) is 0 Å². The SMILES string of the molecule is CCCCCCCCCCCCc1ccccc1.O=S([O-])([O-])=S.[Na+].[Na+]. The van der Waals surface area contributed by atoms with Crippen LogP contribution in [-0.4, -0.2) is 13.3 Å². The van der Waals surface area contributed by atoms with Crippen LogP contribution in [0.4, 0.5) is 0 Å². The average Bonchev–Trinajstić information content (AvgIpc) is 2.48. The van der Waals surface area contributed by atoms with Gasteiger partial charge in [0.2, 0.25) is 0 Å². The minimum Gasteiger partial charge on any atom is -0.780 e. The Morgan fingerprint density at radius 2 is 1.16 bits per heavy atom. The van der Waals surface area contributed by atoms with Crippen LogP contribution in [0.5, 0.6) is 0 Å². The molecule has 0 heterocycles. The van der Waals surface area contributed by atoms with Gasteiger partial charge in [-0.3, -0.25) is 4.21 Å². The summed E-state index contributed by atoms with van der Waals surface area (Å²) in [5.41, 5.74) is 1.50. The topological polar surface area (TPSA) is 63.2 Å². The Kier molecular flexibility index (Phi) is 27.2. The van der Waals surface area contributed by atoms with E-state index < -0.39 is 9.05 Å². The number of hydrogen-bond donors (Lipinski definition) is 0. The summed E-state index contributed by atoms with van der Waals surface area (Å²) < 4.78 is 26.7. The predicted molar refractivity (Wildman–Crippen MR) is 99.1 cm³/mol. The van der Waals surface area contributed by atoms with Crippen LogP contribution in [0.15, 0.2) is 30.3 Å². The summed E-state index contributed by atoms with van der Waals surface area (Å²) in [6.45, 7) is 2.28. The number of aryl methyl sites for hydroxylation is 1. The molecule has 0 saturated carbocycles. The number of hydrogen-bond acceptors (Lipinski definition) is 4. The van der Waals surface area contributed by atoms with Crippen molar-refractivity contribution < 1.29 is 72.4 Å². The molecule has 0 aliphatic carbocycles. The van der Waals surface area contributed by atoms with Gasteiger partial charge in [-0.1, -0.05) is 95.0 Å². The Hall–Kier alpha value is 1.51. The molecule has 3 nitrogen and oxygen atoms in total. The minimum atomic E-state index is -4.33. The first-order valence-electron chi connectivity index (χ1n) is 8.64. The van der Waals surface area contributed by atoms with Crippen LogP contribution in [0, 0.1) is 0 Å². The van der Waals surface area contributed by atoms with Gasteiger partial charge < -0.3 is 9.11 Å². The molecule has 0 spiro atoms. The zero-order valence-electron chi connectivity index (χ0n) is 16.2. The summed E-state index contributed by atoms with van der Waals surface area (Å²) >= 11 is 3.24. The van der Waals surface area contributed by atoms with Gasteiger partial charge in [-0.25, -0.2) is 0 Å². The molecular weight excluding hydrogens is 374 g/mol. The van der Waals surface area contributed by atoms with E-state index in [4.69, 9.17) is 13.3 Å². The molecule has 0 saturated heterocycles. The second-order valence-corrected chi connectivity index (χ2v) is 7.87. The fraction of sp³-hybridized carbons (Fsp3) is 0.667. The molecule has 1 rings (SSSR count). The molecule has 134 valence electrons. The van der Waals surface area contributed by atoms with Crippen molar-refractivity contribution in [3.8, 4) is 0 Å². The van der Waals surface area contributed by atoms with E-state index in [9.17, 15) is 0 Å². The van der Waals surface area contributed by atoms with Gasteiger partial charge in [-0.05, 0) is 29.6 Å². The van der Waals surface area contributed by atoms with Crippen LogP contribution in [0.2, 0.25) is 0 Å². The summed E-state index contributed by atoms with van der Waals surface area (Å²) in [6, 6.07) is 10.9. The summed E-state index contributed by atoms with van der Waals surface area (Å²) in [5, 5.41) is 0. The molecule has 0 aromatic heterocycles. The Labute approximate surface area is 204 Å².